The summed E-state index contributed by atoms with van der Waals surface area (Å²) in [5, 5.41) is 12.3. The van der Waals surface area contributed by atoms with Gasteiger partial charge in [-0.1, -0.05) is 90.7 Å². The predicted octanol–water partition coefficient (Wildman–Crippen LogP) is 4.70. The van der Waals surface area contributed by atoms with Gasteiger partial charge >= 0.3 is 0 Å². The fraction of sp³-hybridized carbons (Fsp3) is 0.286. The highest BCUT2D eigenvalue weighted by Crippen LogP contribution is 2.30. The maximum Gasteiger partial charge on any atom is 0.233 e. The molecule has 0 aliphatic rings. The second-order valence-corrected chi connectivity index (χ2v) is 8.52. The Hall–Kier alpha value is -2.38. The third-order valence-electron chi connectivity index (χ3n) is 4.26. The lowest BCUT2D eigenvalue weighted by molar-refractivity contribution is -0.128. The average molecular weight is 413 g/mol. The third kappa shape index (κ3) is 5.33. The van der Waals surface area contributed by atoms with E-state index >= 15 is 0 Å². The number of benzene rings is 2. The molecule has 0 saturated carbocycles. The van der Waals surface area contributed by atoms with E-state index in [1.807, 2.05) is 48.3 Å². The number of carbonyl (C=O) groups is 1. The van der Waals surface area contributed by atoms with Gasteiger partial charge in [-0.3, -0.25) is 4.79 Å². The van der Waals surface area contributed by atoms with Crippen molar-refractivity contribution in [3.63, 3.8) is 0 Å². The number of nitrogens with one attached hydrogen (secondary N) is 1. The van der Waals surface area contributed by atoms with Crippen molar-refractivity contribution in [1.82, 2.24) is 15.1 Å². The summed E-state index contributed by atoms with van der Waals surface area (Å²) in [5.74, 6) is 0.385. The van der Waals surface area contributed by atoms with E-state index in [1.165, 1.54) is 23.1 Å². The van der Waals surface area contributed by atoms with Crippen molar-refractivity contribution in [2.75, 3.05) is 24.7 Å². The highest BCUT2D eigenvalue weighted by Gasteiger charge is 2.23. The van der Waals surface area contributed by atoms with Crippen LogP contribution in [0.3, 0.4) is 0 Å². The molecule has 0 spiro atoms. The van der Waals surface area contributed by atoms with E-state index in [-0.39, 0.29) is 11.9 Å². The Balaban J connectivity index is 1.69. The van der Waals surface area contributed by atoms with Gasteiger partial charge in [-0.15, -0.1) is 10.2 Å². The second kappa shape index (κ2) is 10.2. The van der Waals surface area contributed by atoms with Gasteiger partial charge in [-0.25, -0.2) is 0 Å². The monoisotopic (exact) mass is 412 g/mol. The molecule has 0 bridgehead atoms. The number of carbonyl (C=O) groups excluding carboxylic acids is 1. The fourth-order valence-corrected chi connectivity index (χ4v) is 4.55. The molecule has 28 heavy (non-hydrogen) atoms. The molecule has 1 aromatic heterocycles. The van der Waals surface area contributed by atoms with Crippen LogP contribution in [0.2, 0.25) is 0 Å². The Bertz CT molecular complexity index is 831. The molecule has 2 aromatic carbocycles. The van der Waals surface area contributed by atoms with Crippen molar-refractivity contribution >= 4 is 34.1 Å². The minimum atomic E-state index is -0.119. The van der Waals surface area contributed by atoms with Crippen LogP contribution in [0, 0.1) is 0 Å². The van der Waals surface area contributed by atoms with Gasteiger partial charge in [0.15, 0.2) is 4.34 Å². The van der Waals surface area contributed by atoms with E-state index in [1.54, 1.807) is 0 Å². The lowest BCUT2D eigenvalue weighted by atomic mass is 9.97. The highest BCUT2D eigenvalue weighted by atomic mass is 32.2. The van der Waals surface area contributed by atoms with E-state index in [0.29, 0.717) is 5.75 Å². The van der Waals surface area contributed by atoms with Gasteiger partial charge in [0.05, 0.1) is 11.8 Å². The number of nitrogens with zero attached hydrogens (tertiary/aromatic N) is 3. The minimum Gasteiger partial charge on any atom is -0.360 e. The van der Waals surface area contributed by atoms with Crippen LogP contribution in [-0.2, 0) is 4.79 Å². The molecule has 0 unspecified atom stereocenters. The van der Waals surface area contributed by atoms with Crippen molar-refractivity contribution in [3.8, 4) is 0 Å². The first-order valence-corrected chi connectivity index (χ1v) is 11.0. The molecule has 5 nitrogen and oxygen atoms in total. The quantitative estimate of drug-likeness (QED) is 0.516. The van der Waals surface area contributed by atoms with Gasteiger partial charge in [-0.2, -0.15) is 0 Å². The molecule has 1 amide bonds. The van der Waals surface area contributed by atoms with Crippen molar-refractivity contribution in [2.24, 2.45) is 0 Å². The number of anilines is 1. The Morgan fingerprint density at radius 3 is 2.25 bits per heavy atom. The van der Waals surface area contributed by atoms with E-state index in [4.69, 9.17) is 0 Å². The van der Waals surface area contributed by atoms with Gasteiger partial charge < -0.3 is 10.2 Å². The van der Waals surface area contributed by atoms with Crippen LogP contribution >= 0.6 is 23.1 Å². The molecular formula is C21H24N4OS2. The number of hydrogen-bond acceptors (Lipinski definition) is 6. The minimum absolute atomic E-state index is 0.0565. The van der Waals surface area contributed by atoms with Crippen molar-refractivity contribution < 1.29 is 4.79 Å². The number of aromatic nitrogens is 2. The van der Waals surface area contributed by atoms with E-state index in [2.05, 4.69) is 46.7 Å². The Morgan fingerprint density at radius 1 is 1.07 bits per heavy atom. The molecular weight excluding hydrogens is 388 g/mol. The molecule has 7 heteroatoms. The highest BCUT2D eigenvalue weighted by molar-refractivity contribution is 8.01. The summed E-state index contributed by atoms with van der Waals surface area (Å²) in [6.45, 7) is 2.98. The Kier molecular flexibility index (Phi) is 7.45. The summed E-state index contributed by atoms with van der Waals surface area (Å²) in [6.07, 6.45) is 1.03. The van der Waals surface area contributed by atoms with Crippen LogP contribution in [0.15, 0.2) is 65.0 Å². The fourth-order valence-electron chi connectivity index (χ4n) is 2.85. The molecule has 0 aliphatic carbocycles. The van der Waals surface area contributed by atoms with Crippen LogP contribution < -0.4 is 5.32 Å². The second-order valence-electron chi connectivity index (χ2n) is 6.32. The molecule has 1 heterocycles. The van der Waals surface area contributed by atoms with Crippen molar-refractivity contribution in [1.29, 1.82) is 0 Å². The normalized spacial score (nSPS) is 10.8. The first-order chi connectivity index (χ1) is 13.7. The maximum absolute atomic E-state index is 12.9. The van der Waals surface area contributed by atoms with Crippen LogP contribution in [-0.4, -0.2) is 40.3 Å². The van der Waals surface area contributed by atoms with Gasteiger partial charge in [-0.05, 0) is 17.5 Å². The summed E-state index contributed by atoms with van der Waals surface area (Å²) < 4.78 is 0.802. The Labute approximate surface area is 174 Å². The maximum atomic E-state index is 12.9. The van der Waals surface area contributed by atoms with Gasteiger partial charge in [0, 0.05) is 13.6 Å². The van der Waals surface area contributed by atoms with Gasteiger partial charge in [0.1, 0.15) is 0 Å². The SMILES string of the molecule is CCCNc1nnc(SCC(=O)N(C)C(c2ccccc2)c2ccccc2)s1. The molecule has 3 rings (SSSR count). The smallest absolute Gasteiger partial charge is 0.233 e. The molecule has 3 aromatic rings. The Morgan fingerprint density at radius 2 is 1.68 bits per heavy atom. The van der Waals surface area contributed by atoms with Crippen LogP contribution in [0.1, 0.15) is 30.5 Å². The first-order valence-electron chi connectivity index (χ1n) is 9.24. The van der Waals surface area contributed by atoms with E-state index < -0.39 is 0 Å². The predicted molar refractivity (Wildman–Crippen MR) is 117 cm³/mol. The molecule has 0 aliphatic heterocycles. The zero-order valence-corrected chi connectivity index (χ0v) is 17.7. The summed E-state index contributed by atoms with van der Waals surface area (Å²) >= 11 is 2.92. The van der Waals surface area contributed by atoms with Crippen molar-refractivity contribution in [3.05, 3.63) is 71.8 Å². The molecule has 0 saturated heterocycles. The standard InChI is InChI=1S/C21H24N4OS2/c1-3-14-22-20-23-24-21(28-20)27-15-18(26)25(2)19(16-10-6-4-7-11-16)17-12-8-5-9-13-17/h4-13,19H,3,14-15H2,1-2H3,(H,22,23). The molecule has 146 valence electrons. The molecule has 0 atom stereocenters. The lowest BCUT2D eigenvalue weighted by Gasteiger charge is -2.29. The number of thioether (sulfide) groups is 1. The zero-order chi connectivity index (χ0) is 19.8. The van der Waals surface area contributed by atoms with Gasteiger partial charge in [0.25, 0.3) is 0 Å². The topological polar surface area (TPSA) is 58.1 Å². The van der Waals surface area contributed by atoms with E-state index in [9.17, 15) is 4.79 Å². The van der Waals surface area contributed by atoms with Crippen LogP contribution in [0.4, 0.5) is 5.13 Å². The summed E-state index contributed by atoms with van der Waals surface area (Å²) in [4.78, 5) is 14.7. The number of amides is 1. The van der Waals surface area contributed by atoms with Gasteiger partial charge in [0.2, 0.25) is 11.0 Å². The van der Waals surface area contributed by atoms with Crippen LogP contribution in [0.5, 0.6) is 0 Å². The molecule has 1 N–H and O–H groups in total. The third-order valence-corrected chi connectivity index (χ3v) is 6.26. The van der Waals surface area contributed by atoms with Crippen LogP contribution in [0.25, 0.3) is 0 Å². The molecule has 0 radical (unpaired) electrons. The average Bonchev–Trinajstić information content (AvgIpc) is 3.20. The lowest BCUT2D eigenvalue weighted by Crippen LogP contribution is -2.33. The number of hydrogen-bond donors (Lipinski definition) is 1. The summed E-state index contributed by atoms with van der Waals surface area (Å²) in [5.41, 5.74) is 2.19. The summed E-state index contributed by atoms with van der Waals surface area (Å²) in [7, 11) is 1.86. The molecule has 0 fully saturated rings. The first kappa shape index (κ1) is 20.4. The van der Waals surface area contributed by atoms with Crippen molar-refractivity contribution in [2.45, 2.75) is 23.7 Å². The van der Waals surface area contributed by atoms with E-state index in [0.717, 1.165) is 33.6 Å². The zero-order valence-electron chi connectivity index (χ0n) is 16.0. The summed E-state index contributed by atoms with van der Waals surface area (Å²) in [6, 6.07) is 20.1. The number of rotatable bonds is 9. The largest absolute Gasteiger partial charge is 0.360 e.